The van der Waals surface area contributed by atoms with Gasteiger partial charge in [-0.2, -0.15) is 0 Å². The Kier molecular flexibility index (Phi) is 5.38. The van der Waals surface area contributed by atoms with Crippen molar-refractivity contribution in [3.63, 3.8) is 0 Å². The molecule has 0 aromatic heterocycles. The molecule has 0 radical (unpaired) electrons. The van der Waals surface area contributed by atoms with Gasteiger partial charge in [-0.05, 0) is 28.9 Å². The van der Waals surface area contributed by atoms with Crippen molar-refractivity contribution < 1.29 is 14.3 Å². The van der Waals surface area contributed by atoms with E-state index in [1.807, 2.05) is 13.8 Å². The van der Waals surface area contributed by atoms with Crippen LogP contribution in [0.5, 0.6) is 5.75 Å². The second kappa shape index (κ2) is 5.75. The maximum absolute atomic E-state index is 12.7. The summed E-state index contributed by atoms with van der Waals surface area (Å²) in [5.41, 5.74) is 0.114. The molecule has 0 spiro atoms. The van der Waals surface area contributed by atoms with E-state index in [1.165, 1.54) is 13.0 Å². The molecule has 0 unspecified atom stereocenters. The Morgan fingerprint density at radius 2 is 1.93 bits per heavy atom. The summed E-state index contributed by atoms with van der Waals surface area (Å²) in [6, 6.07) is 2.16. The highest BCUT2D eigenvalue weighted by molar-refractivity contribution is 9.10. The Morgan fingerprint density at radius 1 is 1.43 bits per heavy atom. The average molecular weight is 263 g/mol. The summed E-state index contributed by atoms with van der Waals surface area (Å²) >= 11 is 2.91. The number of carbonyl (C=O) groups is 1. The number of phenols is 1. The van der Waals surface area contributed by atoms with E-state index < -0.39 is 5.82 Å². The van der Waals surface area contributed by atoms with Gasteiger partial charge in [0, 0.05) is 6.07 Å². The fourth-order valence-electron chi connectivity index (χ4n) is 0.818. The van der Waals surface area contributed by atoms with E-state index in [0.29, 0.717) is 0 Å². The summed E-state index contributed by atoms with van der Waals surface area (Å²) in [6.45, 7) is 5.30. The Labute approximate surface area is 90.9 Å². The second-order valence-corrected chi connectivity index (χ2v) is 3.19. The first-order valence-corrected chi connectivity index (χ1v) is 5.00. The first kappa shape index (κ1) is 13.1. The zero-order valence-electron chi connectivity index (χ0n) is 8.27. The SMILES string of the molecule is CC.CC(=O)c1cc(Br)c(F)cc1O. The lowest BCUT2D eigenvalue weighted by Crippen LogP contribution is -1.93. The van der Waals surface area contributed by atoms with Gasteiger partial charge in [0.15, 0.2) is 5.78 Å². The molecule has 0 aliphatic heterocycles. The predicted octanol–water partition coefficient (Wildman–Crippen LogP) is 3.52. The van der Waals surface area contributed by atoms with Crippen LogP contribution in [0.15, 0.2) is 16.6 Å². The van der Waals surface area contributed by atoms with Gasteiger partial charge in [0.25, 0.3) is 0 Å². The molecule has 0 atom stereocenters. The Hall–Kier alpha value is -0.900. The van der Waals surface area contributed by atoms with Crippen LogP contribution in [-0.2, 0) is 0 Å². The predicted molar refractivity (Wildman–Crippen MR) is 57.1 cm³/mol. The highest BCUT2D eigenvalue weighted by Gasteiger charge is 2.10. The van der Waals surface area contributed by atoms with E-state index in [1.54, 1.807) is 0 Å². The fraction of sp³-hybridized carbons (Fsp3) is 0.300. The summed E-state index contributed by atoms with van der Waals surface area (Å²) in [6.07, 6.45) is 0. The fourth-order valence-corrected chi connectivity index (χ4v) is 1.16. The van der Waals surface area contributed by atoms with Gasteiger partial charge in [-0.3, -0.25) is 4.79 Å². The third kappa shape index (κ3) is 3.10. The van der Waals surface area contributed by atoms with Crippen molar-refractivity contribution in [2.24, 2.45) is 0 Å². The Balaban J connectivity index is 0.000000791. The smallest absolute Gasteiger partial charge is 0.163 e. The van der Waals surface area contributed by atoms with E-state index >= 15 is 0 Å². The van der Waals surface area contributed by atoms with Crippen LogP contribution in [-0.4, -0.2) is 10.9 Å². The second-order valence-electron chi connectivity index (χ2n) is 2.34. The summed E-state index contributed by atoms with van der Waals surface area (Å²) in [7, 11) is 0. The average Bonchev–Trinajstić information content (AvgIpc) is 2.14. The summed E-state index contributed by atoms with van der Waals surface area (Å²) in [5, 5.41) is 9.10. The van der Waals surface area contributed by atoms with Crippen LogP contribution in [0.1, 0.15) is 31.1 Å². The monoisotopic (exact) mass is 262 g/mol. The molecule has 1 rings (SSSR count). The van der Waals surface area contributed by atoms with Gasteiger partial charge in [0.1, 0.15) is 11.6 Å². The molecule has 78 valence electrons. The van der Waals surface area contributed by atoms with Crippen molar-refractivity contribution in [3.8, 4) is 5.75 Å². The molecule has 0 amide bonds. The molecular formula is C10H12BrFO2. The minimum Gasteiger partial charge on any atom is -0.507 e. The third-order valence-electron chi connectivity index (χ3n) is 1.42. The summed E-state index contributed by atoms with van der Waals surface area (Å²) in [4.78, 5) is 10.8. The number of Topliss-reactive ketones (excluding diaryl/α,β-unsaturated/α-hetero) is 1. The highest BCUT2D eigenvalue weighted by Crippen LogP contribution is 2.25. The van der Waals surface area contributed by atoms with Crippen molar-refractivity contribution in [2.45, 2.75) is 20.8 Å². The molecule has 0 aliphatic rings. The van der Waals surface area contributed by atoms with E-state index in [4.69, 9.17) is 5.11 Å². The number of carbonyl (C=O) groups excluding carboxylic acids is 1. The topological polar surface area (TPSA) is 37.3 Å². The standard InChI is InChI=1S/C8H6BrFO2.C2H6/c1-4(11)5-2-6(9)7(10)3-8(5)12;1-2/h2-3,12H,1H3;1-2H3. The molecule has 1 aromatic carbocycles. The molecule has 1 aromatic rings. The van der Waals surface area contributed by atoms with Crippen LogP contribution in [0, 0.1) is 5.82 Å². The number of ketones is 1. The van der Waals surface area contributed by atoms with Crippen LogP contribution < -0.4 is 0 Å². The molecule has 0 heterocycles. The van der Waals surface area contributed by atoms with Gasteiger partial charge in [-0.15, -0.1) is 0 Å². The van der Waals surface area contributed by atoms with Gasteiger partial charge in [0.05, 0.1) is 10.0 Å². The number of hydrogen-bond donors (Lipinski definition) is 1. The lowest BCUT2D eigenvalue weighted by molar-refractivity contribution is 0.101. The zero-order valence-corrected chi connectivity index (χ0v) is 9.85. The number of benzene rings is 1. The van der Waals surface area contributed by atoms with Crippen molar-refractivity contribution in [1.82, 2.24) is 0 Å². The molecule has 0 fully saturated rings. The van der Waals surface area contributed by atoms with Crippen LogP contribution in [0.2, 0.25) is 0 Å². The van der Waals surface area contributed by atoms with E-state index in [0.717, 1.165) is 6.07 Å². The van der Waals surface area contributed by atoms with Crippen molar-refractivity contribution in [1.29, 1.82) is 0 Å². The molecule has 4 heteroatoms. The van der Waals surface area contributed by atoms with Gasteiger partial charge in [-0.1, -0.05) is 13.8 Å². The van der Waals surface area contributed by atoms with E-state index in [2.05, 4.69) is 15.9 Å². The molecule has 2 nitrogen and oxygen atoms in total. The first-order chi connectivity index (χ1) is 6.52. The normalized spacial score (nSPS) is 8.93. The number of rotatable bonds is 1. The van der Waals surface area contributed by atoms with Crippen molar-refractivity contribution >= 4 is 21.7 Å². The quantitative estimate of drug-likeness (QED) is 0.787. The molecule has 0 bridgehead atoms. The maximum atomic E-state index is 12.7. The molecule has 0 saturated heterocycles. The van der Waals surface area contributed by atoms with Gasteiger partial charge < -0.3 is 5.11 Å². The molecular weight excluding hydrogens is 251 g/mol. The van der Waals surface area contributed by atoms with Crippen molar-refractivity contribution in [3.05, 3.63) is 28.0 Å². The van der Waals surface area contributed by atoms with Crippen molar-refractivity contribution in [2.75, 3.05) is 0 Å². The Bertz CT molecular complexity index is 337. The maximum Gasteiger partial charge on any atom is 0.163 e. The van der Waals surface area contributed by atoms with E-state index in [9.17, 15) is 9.18 Å². The van der Waals surface area contributed by atoms with Crippen LogP contribution >= 0.6 is 15.9 Å². The number of phenolic OH excluding ortho intramolecular Hbond substituents is 1. The van der Waals surface area contributed by atoms with Gasteiger partial charge >= 0.3 is 0 Å². The largest absolute Gasteiger partial charge is 0.507 e. The Morgan fingerprint density at radius 3 is 2.36 bits per heavy atom. The zero-order chi connectivity index (χ0) is 11.3. The third-order valence-corrected chi connectivity index (χ3v) is 2.03. The molecule has 14 heavy (non-hydrogen) atoms. The molecule has 0 saturated carbocycles. The number of aromatic hydroxyl groups is 1. The summed E-state index contributed by atoms with van der Waals surface area (Å²) in [5.74, 6) is -1.21. The first-order valence-electron chi connectivity index (χ1n) is 4.21. The molecule has 0 aliphatic carbocycles. The van der Waals surface area contributed by atoms with Gasteiger partial charge in [-0.25, -0.2) is 4.39 Å². The molecule has 1 N–H and O–H groups in total. The minimum absolute atomic E-state index is 0.114. The number of halogens is 2. The number of hydrogen-bond acceptors (Lipinski definition) is 2. The van der Waals surface area contributed by atoms with Crippen LogP contribution in [0.3, 0.4) is 0 Å². The lowest BCUT2D eigenvalue weighted by Gasteiger charge is -2.01. The lowest BCUT2D eigenvalue weighted by atomic mass is 10.1. The van der Waals surface area contributed by atoms with E-state index in [-0.39, 0.29) is 21.6 Å². The van der Waals surface area contributed by atoms with Crippen LogP contribution in [0.25, 0.3) is 0 Å². The van der Waals surface area contributed by atoms with Crippen LogP contribution in [0.4, 0.5) is 4.39 Å². The minimum atomic E-state index is -0.586. The summed E-state index contributed by atoms with van der Waals surface area (Å²) < 4.78 is 12.9. The highest BCUT2D eigenvalue weighted by atomic mass is 79.9. The van der Waals surface area contributed by atoms with Gasteiger partial charge in [0.2, 0.25) is 0 Å².